The van der Waals surface area contributed by atoms with Crippen LogP contribution in [0.2, 0.25) is 0 Å². The third-order valence-electron chi connectivity index (χ3n) is 6.24. The van der Waals surface area contributed by atoms with E-state index in [0.717, 1.165) is 35.9 Å². The van der Waals surface area contributed by atoms with Crippen LogP contribution in [0.1, 0.15) is 21.5 Å². The first kappa shape index (κ1) is 29.9. The number of amidine groups is 2. The molecule has 5 rings (SSSR count). The molecule has 0 aromatic heterocycles. The van der Waals surface area contributed by atoms with Gasteiger partial charge in [-0.05, 0) is 42.5 Å². The summed E-state index contributed by atoms with van der Waals surface area (Å²) in [6.45, 7) is 2.99. The molecule has 3 aromatic carbocycles. The lowest BCUT2D eigenvalue weighted by atomic mass is 10.1. The first-order valence-corrected chi connectivity index (χ1v) is 13.1. The van der Waals surface area contributed by atoms with Crippen molar-refractivity contribution < 1.29 is 14.4 Å². The molecule has 0 unspecified atom stereocenters. The van der Waals surface area contributed by atoms with Crippen LogP contribution in [-0.4, -0.2) is 74.8 Å². The van der Waals surface area contributed by atoms with Gasteiger partial charge >= 0.3 is 12.1 Å². The molecule has 0 saturated heterocycles. The van der Waals surface area contributed by atoms with Crippen LogP contribution in [0.3, 0.4) is 0 Å². The second-order valence-corrected chi connectivity index (χ2v) is 9.63. The number of amides is 5. The Labute approximate surface area is 249 Å². The molecule has 13 heteroatoms. The van der Waals surface area contributed by atoms with E-state index in [1.54, 1.807) is 44.4 Å². The van der Waals surface area contributed by atoms with Crippen molar-refractivity contribution in [3.05, 3.63) is 83.4 Å². The van der Waals surface area contributed by atoms with Gasteiger partial charge < -0.3 is 36.8 Å². The highest BCUT2D eigenvalue weighted by atomic mass is 35.5. The molecule has 0 aliphatic carbocycles. The zero-order chi connectivity index (χ0) is 28.8. The van der Waals surface area contributed by atoms with Crippen LogP contribution >= 0.6 is 12.4 Å². The second-order valence-electron chi connectivity index (χ2n) is 9.63. The fourth-order valence-corrected chi connectivity index (χ4v) is 4.41. The maximum Gasteiger partial charge on any atom is 0.323 e. The highest BCUT2D eigenvalue weighted by molar-refractivity contribution is 6.06. The molecule has 12 nitrogen and oxygen atoms in total. The van der Waals surface area contributed by atoms with Gasteiger partial charge in [0.05, 0.1) is 13.1 Å². The van der Waals surface area contributed by atoms with Crippen molar-refractivity contribution in [1.29, 1.82) is 0 Å². The zero-order valence-corrected chi connectivity index (χ0v) is 24.0. The number of aliphatic imine (C=N–C) groups is 2. The van der Waals surface area contributed by atoms with Crippen molar-refractivity contribution in [1.82, 2.24) is 15.5 Å². The van der Waals surface area contributed by atoms with Crippen molar-refractivity contribution in [2.45, 2.75) is 0 Å². The molecule has 2 aliphatic rings. The smallest absolute Gasteiger partial charge is 0.323 e. The van der Waals surface area contributed by atoms with E-state index >= 15 is 0 Å². The number of hydrogen-bond donors (Lipinski definition) is 6. The van der Waals surface area contributed by atoms with E-state index in [9.17, 15) is 14.4 Å². The van der Waals surface area contributed by atoms with Crippen molar-refractivity contribution in [3.8, 4) is 0 Å². The first-order chi connectivity index (χ1) is 19.8. The first-order valence-electron chi connectivity index (χ1n) is 13.1. The number of carbonyl (C=O) groups excluding carboxylic acids is 3. The SMILES string of the molecule is CN(C)C(=O)c1cc(NC(=O)Nc2cccc(C3=NCCN3)c2)cc(NC(=O)Nc2cccc(C3=NCCN3)c2)c1.Cl. The highest BCUT2D eigenvalue weighted by Crippen LogP contribution is 2.22. The quantitative estimate of drug-likeness (QED) is 0.248. The Balaban J connectivity index is 0.00000405. The summed E-state index contributed by atoms with van der Waals surface area (Å²) in [7, 11) is 3.25. The van der Waals surface area contributed by atoms with E-state index < -0.39 is 12.1 Å². The maximum absolute atomic E-state index is 12.9. The largest absolute Gasteiger partial charge is 0.368 e. The minimum absolute atomic E-state index is 0. The van der Waals surface area contributed by atoms with Gasteiger partial charge in [-0.1, -0.05) is 24.3 Å². The van der Waals surface area contributed by atoms with E-state index in [0.29, 0.717) is 41.4 Å². The minimum Gasteiger partial charge on any atom is -0.368 e. The molecule has 2 heterocycles. The molecule has 0 fully saturated rings. The number of nitrogens with one attached hydrogen (secondary N) is 6. The van der Waals surface area contributed by atoms with E-state index in [1.165, 1.54) is 4.90 Å². The Morgan fingerprint density at radius 3 is 1.52 bits per heavy atom. The molecule has 3 aromatic rings. The van der Waals surface area contributed by atoms with Gasteiger partial charge in [0.2, 0.25) is 0 Å². The van der Waals surface area contributed by atoms with Crippen LogP contribution in [0.25, 0.3) is 0 Å². The Hall–Kier alpha value is -5.10. The molecule has 0 saturated carbocycles. The molecule has 42 heavy (non-hydrogen) atoms. The Kier molecular flexibility index (Phi) is 9.61. The lowest BCUT2D eigenvalue weighted by Crippen LogP contribution is -2.24. The van der Waals surface area contributed by atoms with Crippen LogP contribution in [0.5, 0.6) is 0 Å². The minimum atomic E-state index is -0.506. The molecular formula is C29H32ClN9O3. The molecule has 0 spiro atoms. The van der Waals surface area contributed by atoms with Gasteiger partial charge in [0.15, 0.2) is 0 Å². The van der Waals surface area contributed by atoms with Gasteiger partial charge in [0.1, 0.15) is 11.7 Å². The van der Waals surface area contributed by atoms with E-state index in [2.05, 4.69) is 41.9 Å². The summed E-state index contributed by atoms with van der Waals surface area (Å²) in [6, 6.07) is 18.3. The molecule has 6 N–H and O–H groups in total. The van der Waals surface area contributed by atoms with Gasteiger partial charge in [-0.15, -0.1) is 12.4 Å². The van der Waals surface area contributed by atoms with Crippen molar-refractivity contribution in [2.24, 2.45) is 9.98 Å². The standard InChI is InChI=1S/C29H31N9O3.ClH/c1-38(2)27(39)20-15-23(36-28(40)34-21-7-3-5-18(13-21)25-30-9-10-31-25)17-24(16-20)37-29(41)35-22-8-4-6-19(14-22)26-32-11-12-33-26;/h3-8,13-17H,9-12H2,1-2H3,(H,30,31)(H,32,33)(H2,34,36,40)(H2,35,37,41);1H. The third kappa shape index (κ3) is 7.55. The number of carbonyl (C=O) groups is 3. The number of halogens is 1. The Bertz CT molecular complexity index is 1450. The van der Waals surface area contributed by atoms with Gasteiger partial charge in [-0.25, -0.2) is 9.59 Å². The molecule has 0 bridgehead atoms. The summed E-state index contributed by atoms with van der Waals surface area (Å²) in [5, 5.41) is 17.5. The predicted octanol–water partition coefficient (Wildman–Crippen LogP) is 3.80. The Morgan fingerprint density at radius 1 is 0.667 bits per heavy atom. The van der Waals surface area contributed by atoms with E-state index in [1.807, 2.05) is 36.4 Å². The predicted molar refractivity (Wildman–Crippen MR) is 169 cm³/mol. The van der Waals surface area contributed by atoms with Crippen LogP contribution < -0.4 is 31.9 Å². The summed E-state index contributed by atoms with van der Waals surface area (Å²) < 4.78 is 0. The van der Waals surface area contributed by atoms with Crippen molar-refractivity contribution >= 4 is 64.8 Å². The maximum atomic E-state index is 12.9. The van der Waals surface area contributed by atoms with Gasteiger partial charge in [-0.2, -0.15) is 0 Å². The fourth-order valence-electron chi connectivity index (χ4n) is 4.41. The topological polar surface area (TPSA) is 151 Å². The molecule has 5 amide bonds. The van der Waals surface area contributed by atoms with Crippen LogP contribution in [0, 0.1) is 0 Å². The molecule has 218 valence electrons. The number of nitrogens with zero attached hydrogens (tertiary/aromatic N) is 3. The second kappa shape index (κ2) is 13.5. The fraction of sp³-hybridized carbons (Fsp3) is 0.207. The van der Waals surface area contributed by atoms with E-state index in [4.69, 9.17) is 0 Å². The molecule has 0 radical (unpaired) electrons. The summed E-state index contributed by atoms with van der Waals surface area (Å²) in [5.41, 5.74) is 3.85. The number of urea groups is 2. The highest BCUT2D eigenvalue weighted by Gasteiger charge is 2.15. The van der Waals surface area contributed by atoms with Crippen LogP contribution in [-0.2, 0) is 0 Å². The average molecular weight is 590 g/mol. The van der Waals surface area contributed by atoms with E-state index in [-0.39, 0.29) is 18.3 Å². The molecular weight excluding hydrogens is 558 g/mol. The summed E-state index contributed by atoms with van der Waals surface area (Å²) in [4.78, 5) is 48.7. The lowest BCUT2D eigenvalue weighted by Gasteiger charge is -2.15. The average Bonchev–Trinajstić information content (AvgIpc) is 3.68. The molecule has 2 aliphatic heterocycles. The lowest BCUT2D eigenvalue weighted by molar-refractivity contribution is 0.0827. The molecule has 0 atom stereocenters. The number of rotatable bonds is 7. The zero-order valence-electron chi connectivity index (χ0n) is 23.2. The summed E-state index contributed by atoms with van der Waals surface area (Å²) >= 11 is 0. The van der Waals surface area contributed by atoms with Crippen LogP contribution in [0.4, 0.5) is 32.3 Å². The Morgan fingerprint density at radius 2 is 1.12 bits per heavy atom. The summed E-state index contributed by atoms with van der Waals surface area (Å²) in [6.07, 6.45) is 0. The van der Waals surface area contributed by atoms with Gasteiger partial charge in [0.25, 0.3) is 5.91 Å². The van der Waals surface area contributed by atoms with Gasteiger partial charge in [-0.3, -0.25) is 14.8 Å². The van der Waals surface area contributed by atoms with Gasteiger partial charge in [0, 0.05) is 66.6 Å². The van der Waals surface area contributed by atoms with Crippen molar-refractivity contribution in [2.75, 3.05) is 61.5 Å². The normalized spacial score (nSPS) is 13.4. The van der Waals surface area contributed by atoms with Crippen molar-refractivity contribution in [3.63, 3.8) is 0 Å². The van der Waals surface area contributed by atoms with Crippen LogP contribution in [0.15, 0.2) is 76.7 Å². The summed E-state index contributed by atoms with van der Waals surface area (Å²) in [5.74, 6) is 1.29. The number of hydrogen-bond acceptors (Lipinski definition) is 7. The monoisotopic (exact) mass is 589 g/mol. The number of anilines is 4. The third-order valence-corrected chi connectivity index (χ3v) is 6.24. The number of benzene rings is 3.